The maximum Gasteiger partial charge on any atom is 0.255 e. The highest BCUT2D eigenvalue weighted by Crippen LogP contribution is 2.28. The highest BCUT2D eigenvalue weighted by Gasteiger charge is 2.39. The first-order valence-electron chi connectivity index (χ1n) is 9.13. The van der Waals surface area contributed by atoms with Gasteiger partial charge in [0.2, 0.25) is 11.8 Å². The molecule has 1 fully saturated rings. The van der Waals surface area contributed by atoms with E-state index in [4.69, 9.17) is 5.73 Å². The number of anilines is 1. The monoisotopic (exact) mass is 399 g/mol. The van der Waals surface area contributed by atoms with E-state index < -0.39 is 11.9 Å². The SMILES string of the molecule is C[C@H](N)c1csc(NCc2ccc3c(c2)C(=O)N(C2CCC(=O)NC2=O)C3)n1. The van der Waals surface area contributed by atoms with Gasteiger partial charge in [0.1, 0.15) is 6.04 Å². The first kappa shape index (κ1) is 18.6. The van der Waals surface area contributed by atoms with Crippen LogP contribution in [-0.4, -0.2) is 33.6 Å². The summed E-state index contributed by atoms with van der Waals surface area (Å²) in [4.78, 5) is 42.3. The molecule has 4 rings (SSSR count). The van der Waals surface area contributed by atoms with Gasteiger partial charge in [-0.05, 0) is 30.5 Å². The number of carbonyl (C=O) groups excluding carboxylic acids is 3. The third-order valence-corrected chi connectivity index (χ3v) is 5.84. The molecule has 3 heterocycles. The number of thiazole rings is 1. The van der Waals surface area contributed by atoms with Crippen LogP contribution in [0.4, 0.5) is 5.13 Å². The molecule has 0 spiro atoms. The predicted octanol–water partition coefficient (Wildman–Crippen LogP) is 1.54. The molecule has 0 aliphatic carbocycles. The van der Waals surface area contributed by atoms with Crippen molar-refractivity contribution in [3.05, 3.63) is 46.0 Å². The quantitative estimate of drug-likeness (QED) is 0.657. The van der Waals surface area contributed by atoms with Crippen LogP contribution in [0.5, 0.6) is 0 Å². The number of rotatable bonds is 5. The maximum atomic E-state index is 12.8. The third-order valence-electron chi connectivity index (χ3n) is 5.02. The number of fused-ring (bicyclic) bond motifs is 1. The summed E-state index contributed by atoms with van der Waals surface area (Å²) in [6, 6.07) is 5.05. The lowest BCUT2D eigenvalue weighted by molar-refractivity contribution is -0.136. The van der Waals surface area contributed by atoms with Gasteiger partial charge in [-0.25, -0.2) is 4.98 Å². The molecule has 2 atom stereocenters. The number of hydrogen-bond donors (Lipinski definition) is 3. The van der Waals surface area contributed by atoms with E-state index in [9.17, 15) is 14.4 Å². The lowest BCUT2D eigenvalue weighted by atomic mass is 10.0. The van der Waals surface area contributed by atoms with E-state index in [2.05, 4.69) is 15.6 Å². The highest BCUT2D eigenvalue weighted by molar-refractivity contribution is 7.13. The molecule has 3 amide bonds. The van der Waals surface area contributed by atoms with Gasteiger partial charge in [-0.2, -0.15) is 0 Å². The van der Waals surface area contributed by atoms with Crippen LogP contribution in [0, 0.1) is 0 Å². The van der Waals surface area contributed by atoms with Gasteiger partial charge in [-0.3, -0.25) is 19.7 Å². The number of carbonyl (C=O) groups is 3. The van der Waals surface area contributed by atoms with Gasteiger partial charge < -0.3 is 16.0 Å². The van der Waals surface area contributed by atoms with Crippen molar-refractivity contribution < 1.29 is 14.4 Å². The number of piperidine rings is 1. The van der Waals surface area contributed by atoms with Crippen molar-refractivity contribution in [3.63, 3.8) is 0 Å². The molecule has 8 nitrogen and oxygen atoms in total. The minimum absolute atomic E-state index is 0.109. The summed E-state index contributed by atoms with van der Waals surface area (Å²) in [7, 11) is 0. The Kier molecular flexibility index (Phi) is 4.86. The van der Waals surface area contributed by atoms with Crippen LogP contribution in [0.15, 0.2) is 23.6 Å². The fourth-order valence-electron chi connectivity index (χ4n) is 3.47. The Balaban J connectivity index is 1.45. The summed E-state index contributed by atoms with van der Waals surface area (Å²) < 4.78 is 0. The molecule has 1 aromatic carbocycles. The molecule has 0 bridgehead atoms. The van der Waals surface area contributed by atoms with Crippen LogP contribution in [-0.2, 0) is 22.7 Å². The number of imide groups is 1. The summed E-state index contributed by atoms with van der Waals surface area (Å²) in [5, 5.41) is 8.28. The number of hydrogen-bond acceptors (Lipinski definition) is 7. The van der Waals surface area contributed by atoms with Crippen molar-refractivity contribution in [1.82, 2.24) is 15.2 Å². The Morgan fingerprint density at radius 3 is 2.93 bits per heavy atom. The van der Waals surface area contributed by atoms with Gasteiger partial charge in [-0.15, -0.1) is 11.3 Å². The summed E-state index contributed by atoms with van der Waals surface area (Å²) in [6.45, 7) is 2.81. The smallest absolute Gasteiger partial charge is 0.255 e. The van der Waals surface area contributed by atoms with Crippen molar-refractivity contribution in [2.75, 3.05) is 5.32 Å². The zero-order chi connectivity index (χ0) is 19.8. The van der Waals surface area contributed by atoms with Gasteiger partial charge in [0.05, 0.1) is 5.69 Å². The van der Waals surface area contributed by atoms with E-state index in [-0.39, 0.29) is 24.3 Å². The lowest BCUT2D eigenvalue weighted by Crippen LogP contribution is -2.52. The average Bonchev–Trinajstić information content (AvgIpc) is 3.26. The maximum absolute atomic E-state index is 12.8. The molecule has 146 valence electrons. The molecule has 2 aromatic rings. The van der Waals surface area contributed by atoms with Crippen LogP contribution in [0.25, 0.3) is 0 Å². The van der Waals surface area contributed by atoms with Gasteiger partial charge in [0.25, 0.3) is 5.91 Å². The van der Waals surface area contributed by atoms with Crippen molar-refractivity contribution in [2.24, 2.45) is 5.73 Å². The van der Waals surface area contributed by atoms with Crippen molar-refractivity contribution >= 4 is 34.2 Å². The predicted molar refractivity (Wildman–Crippen MR) is 105 cm³/mol. The highest BCUT2D eigenvalue weighted by atomic mass is 32.1. The molecular weight excluding hydrogens is 378 g/mol. The number of nitrogens with two attached hydrogens (primary N) is 1. The van der Waals surface area contributed by atoms with Crippen molar-refractivity contribution in [1.29, 1.82) is 0 Å². The van der Waals surface area contributed by atoms with Gasteiger partial charge in [-0.1, -0.05) is 12.1 Å². The zero-order valence-corrected chi connectivity index (χ0v) is 16.2. The van der Waals surface area contributed by atoms with Crippen molar-refractivity contribution in [3.8, 4) is 0 Å². The van der Waals surface area contributed by atoms with Gasteiger partial charge in [0, 0.05) is 36.5 Å². The molecule has 0 radical (unpaired) electrons. The fourth-order valence-corrected chi connectivity index (χ4v) is 4.28. The summed E-state index contributed by atoms with van der Waals surface area (Å²) in [5.74, 6) is -0.846. The van der Waals surface area contributed by atoms with Crippen LogP contribution >= 0.6 is 11.3 Å². The average molecular weight is 399 g/mol. The molecule has 9 heteroatoms. The number of aromatic nitrogens is 1. The van der Waals surface area contributed by atoms with E-state index in [1.807, 2.05) is 30.5 Å². The Labute approximate surface area is 166 Å². The Morgan fingerprint density at radius 1 is 1.39 bits per heavy atom. The van der Waals surface area contributed by atoms with E-state index in [1.54, 1.807) is 4.90 Å². The number of nitrogens with zero attached hydrogens (tertiary/aromatic N) is 2. The molecule has 28 heavy (non-hydrogen) atoms. The largest absolute Gasteiger partial charge is 0.357 e. The summed E-state index contributed by atoms with van der Waals surface area (Å²) in [5.41, 5.74) is 9.13. The Morgan fingerprint density at radius 2 is 2.21 bits per heavy atom. The second-order valence-electron chi connectivity index (χ2n) is 7.11. The Hall–Kier alpha value is -2.78. The topological polar surface area (TPSA) is 117 Å². The molecule has 4 N–H and O–H groups in total. The van der Waals surface area contributed by atoms with Gasteiger partial charge >= 0.3 is 0 Å². The van der Waals surface area contributed by atoms with E-state index in [1.165, 1.54) is 11.3 Å². The van der Waals surface area contributed by atoms with Crippen LogP contribution in [0.3, 0.4) is 0 Å². The lowest BCUT2D eigenvalue weighted by Gasteiger charge is -2.29. The normalized spacial score (nSPS) is 20.1. The Bertz CT molecular complexity index is 955. The van der Waals surface area contributed by atoms with Crippen LogP contribution in [0.1, 0.15) is 53.0 Å². The molecule has 1 unspecified atom stereocenters. The number of benzene rings is 1. The fraction of sp³-hybridized carbons (Fsp3) is 0.368. The summed E-state index contributed by atoms with van der Waals surface area (Å²) in [6.07, 6.45) is 0.619. The molecule has 0 saturated carbocycles. The van der Waals surface area contributed by atoms with Crippen LogP contribution < -0.4 is 16.4 Å². The standard InChI is InChI=1S/C19H21N5O3S/c1-10(20)14-9-28-19(22-14)21-7-11-2-3-12-8-24(18(27)13(12)6-11)15-4-5-16(25)23-17(15)26/h2-3,6,9-10,15H,4-5,7-8,20H2,1H3,(H,21,22)(H,23,25,26)/t10-,15?/m0/s1. The first-order valence-corrected chi connectivity index (χ1v) is 10.0. The van der Waals surface area contributed by atoms with E-state index in [0.29, 0.717) is 25.1 Å². The zero-order valence-electron chi connectivity index (χ0n) is 15.4. The van der Waals surface area contributed by atoms with E-state index in [0.717, 1.165) is 22.0 Å². The molecule has 2 aliphatic rings. The second-order valence-corrected chi connectivity index (χ2v) is 7.97. The molecular formula is C19H21N5O3S. The minimum Gasteiger partial charge on any atom is -0.357 e. The van der Waals surface area contributed by atoms with Crippen molar-refractivity contribution in [2.45, 2.75) is 44.9 Å². The summed E-state index contributed by atoms with van der Waals surface area (Å²) >= 11 is 1.49. The van der Waals surface area contributed by atoms with Gasteiger partial charge in [0.15, 0.2) is 5.13 Å². The first-order chi connectivity index (χ1) is 13.4. The molecule has 2 aliphatic heterocycles. The second kappa shape index (κ2) is 7.33. The van der Waals surface area contributed by atoms with E-state index >= 15 is 0 Å². The minimum atomic E-state index is -0.592. The third kappa shape index (κ3) is 3.50. The number of nitrogens with one attached hydrogen (secondary N) is 2. The van der Waals surface area contributed by atoms with Crippen LogP contribution in [0.2, 0.25) is 0 Å². The number of amides is 3. The molecule has 1 saturated heterocycles. The molecule has 1 aromatic heterocycles.